The molecule has 6 atom stereocenters. The van der Waals surface area contributed by atoms with Gasteiger partial charge in [-0.1, -0.05) is 68.4 Å². The number of carbonyl (C=O) groups is 9. The molecule has 0 aliphatic carbocycles. The minimum absolute atomic E-state index is 0.0106. The maximum Gasteiger partial charge on any atom is 0.312 e. The Balaban J connectivity index is 1.83. The van der Waals surface area contributed by atoms with Gasteiger partial charge in [-0.3, -0.25) is 43.3 Å². The van der Waals surface area contributed by atoms with E-state index in [-0.39, 0.29) is 87.9 Å². The molecule has 0 spiro atoms. The number of aryl methyl sites for hydroxylation is 1. The number of aliphatic hydroxyl groups is 1. The molecule has 414 valence electrons. The van der Waals surface area contributed by atoms with E-state index in [2.05, 4.69) is 47.5 Å². The summed E-state index contributed by atoms with van der Waals surface area (Å²) in [6.45, 7) is 3.80. The minimum Gasteiger partial charge on any atom is -0.508 e. The van der Waals surface area contributed by atoms with Crippen molar-refractivity contribution >= 4 is 64.8 Å². The van der Waals surface area contributed by atoms with Crippen molar-refractivity contribution in [2.75, 3.05) is 32.0 Å². The van der Waals surface area contributed by atoms with E-state index >= 15 is 0 Å². The summed E-state index contributed by atoms with van der Waals surface area (Å²) >= 11 is 0. The Kier molecular flexibility index (Phi) is 26.8. The number of carbonyl (C=O) groups excluding carboxylic acids is 9. The third-order valence-electron chi connectivity index (χ3n) is 11.8. The fraction of sp³-hybridized carbons (Fsp3) is 0.462. The molecular formula is C52H75N13O11. The van der Waals surface area contributed by atoms with E-state index < -0.39 is 96.8 Å². The molecule has 3 rings (SSSR count). The van der Waals surface area contributed by atoms with Crippen LogP contribution in [-0.2, 0) is 57.6 Å². The number of phenolic OH excluding ortho intramolecular Hbond substituents is 1. The molecule has 0 bridgehead atoms. The minimum atomic E-state index is -1.46. The van der Waals surface area contributed by atoms with Crippen LogP contribution in [0.15, 0.2) is 83.9 Å². The lowest BCUT2D eigenvalue weighted by atomic mass is 9.98. The summed E-state index contributed by atoms with van der Waals surface area (Å²) in [5.41, 5.74) is 24.2. The van der Waals surface area contributed by atoms with Gasteiger partial charge in [0.15, 0.2) is 11.7 Å². The highest BCUT2D eigenvalue weighted by Gasteiger charge is 2.33. The number of guanidine groups is 1. The summed E-state index contributed by atoms with van der Waals surface area (Å²) in [6.07, 6.45) is 1.31. The molecule has 9 amide bonds. The first-order valence-electron chi connectivity index (χ1n) is 25.1. The molecule has 0 aromatic heterocycles. The van der Waals surface area contributed by atoms with E-state index in [0.29, 0.717) is 24.1 Å². The molecule has 24 nitrogen and oxygen atoms in total. The van der Waals surface area contributed by atoms with Crippen LogP contribution >= 0.6 is 0 Å². The van der Waals surface area contributed by atoms with Crippen molar-refractivity contribution in [1.29, 1.82) is 0 Å². The first-order chi connectivity index (χ1) is 36.1. The second kappa shape index (κ2) is 32.8. The van der Waals surface area contributed by atoms with Crippen molar-refractivity contribution in [3.8, 4) is 5.75 Å². The summed E-state index contributed by atoms with van der Waals surface area (Å²) in [5, 5.41) is 40.6. The Hall–Kier alpha value is -8.28. The second-order valence-corrected chi connectivity index (χ2v) is 18.7. The molecule has 76 heavy (non-hydrogen) atoms. The van der Waals surface area contributed by atoms with Gasteiger partial charge < -0.3 is 75.7 Å². The number of amides is 9. The Bertz CT molecular complexity index is 2420. The van der Waals surface area contributed by atoms with Gasteiger partial charge in [0, 0.05) is 31.6 Å². The summed E-state index contributed by atoms with van der Waals surface area (Å²) in [5.74, 6) is -5.95. The molecule has 18 N–H and O–H groups in total. The normalized spacial score (nSPS) is 13.2. The Morgan fingerprint density at radius 1 is 0.566 bits per heavy atom. The highest BCUT2D eigenvalue weighted by molar-refractivity contribution is 5.97. The van der Waals surface area contributed by atoms with E-state index in [1.165, 1.54) is 19.1 Å². The smallest absolute Gasteiger partial charge is 0.312 e. The Morgan fingerprint density at radius 3 is 1.71 bits per heavy atom. The zero-order valence-electron chi connectivity index (χ0n) is 43.3. The quantitative estimate of drug-likeness (QED) is 0.0150. The summed E-state index contributed by atoms with van der Waals surface area (Å²) < 4.78 is 0. The number of nitrogen functional groups attached to an aromatic ring is 1. The van der Waals surface area contributed by atoms with E-state index in [1.54, 1.807) is 48.5 Å². The topological polar surface area (TPSA) is 407 Å². The third-order valence-corrected chi connectivity index (χ3v) is 11.8. The van der Waals surface area contributed by atoms with Crippen molar-refractivity contribution in [3.63, 3.8) is 0 Å². The van der Waals surface area contributed by atoms with E-state index in [9.17, 15) is 53.4 Å². The van der Waals surface area contributed by atoms with E-state index in [0.717, 1.165) is 11.1 Å². The van der Waals surface area contributed by atoms with Gasteiger partial charge in [-0.25, -0.2) is 4.79 Å². The molecule has 3 aromatic carbocycles. The third kappa shape index (κ3) is 24.2. The average Bonchev–Trinajstić information content (AvgIpc) is 3.37. The van der Waals surface area contributed by atoms with Gasteiger partial charge in [0.2, 0.25) is 41.4 Å². The maximum atomic E-state index is 14.4. The summed E-state index contributed by atoms with van der Waals surface area (Å²) in [6, 6.07) is 13.4. The summed E-state index contributed by atoms with van der Waals surface area (Å²) in [4.78, 5) is 124. The number of rotatable bonds is 33. The molecule has 24 heteroatoms. The lowest BCUT2D eigenvalue weighted by molar-refractivity contribution is -0.135. The number of Topliss-reactive ketones (excluding diaryl/α,β-unsaturated/α-hetero) is 1. The molecule has 0 aliphatic rings. The van der Waals surface area contributed by atoms with Crippen LogP contribution in [0.2, 0.25) is 0 Å². The van der Waals surface area contributed by atoms with Gasteiger partial charge in [-0.2, -0.15) is 0 Å². The number of benzene rings is 3. The fourth-order valence-corrected chi connectivity index (χ4v) is 7.67. The number of urea groups is 1. The number of aromatic hydroxyl groups is 1. The monoisotopic (exact) mass is 1060 g/mol. The number of nitrogens with two attached hydrogens (primary N) is 4. The van der Waals surface area contributed by atoms with Gasteiger partial charge in [0.25, 0.3) is 0 Å². The van der Waals surface area contributed by atoms with Crippen LogP contribution in [0.1, 0.15) is 82.4 Å². The standard InChI is InChI=1S/C52H75N13O11/c1-31(2)26-41(48(73)63-40(32(3)67)27-34-14-19-36(53)20-15-34)64-49(74)42(28-35-16-21-37(68)22-17-35)65-47(72)39(23-18-33-10-5-4-6-11-33)60-45(70)29-59-46(71)38(12-9-25-58-52(56)76)62-50(75)43(30-66)61-44(69)13-7-8-24-57-51(54)55/h4-6,10-11,14-17,19-22,31,38-43,66,68H,7-9,12-13,18,23-30,53H2,1-3H3,(H,59,71)(H,60,70)(H,61,69)(H,62,75)(H,63,73)(H,64,74)(H,65,72)(H4,54,55,57)(H3,56,58,76)/t38-,39-,40-,41-,42-,43-/m0/s1. The SMILES string of the molecule is CC(=O)[C@H](Cc1ccc(N)cc1)NC(=O)[C@H](CC(C)C)NC(=O)[C@H](Cc1ccc(O)cc1)NC(=O)[C@H](CCc1ccccc1)NC(=O)CNC(=O)[C@H](CCCNC(N)=O)NC(=O)[C@H](CO)NC(=O)CCCCN=C(N)N. The van der Waals surface area contributed by atoms with Crippen molar-refractivity contribution in [1.82, 2.24) is 42.5 Å². The number of aliphatic hydroxyl groups excluding tert-OH is 1. The molecule has 3 aromatic rings. The number of nitrogens with one attached hydrogen (secondary N) is 8. The van der Waals surface area contributed by atoms with E-state index in [4.69, 9.17) is 22.9 Å². The number of nitrogens with zero attached hydrogens (tertiary/aromatic N) is 1. The molecule has 0 fully saturated rings. The molecule has 0 saturated carbocycles. The molecule has 0 unspecified atom stereocenters. The number of aliphatic imine (C=N–C) groups is 1. The van der Waals surface area contributed by atoms with Crippen LogP contribution in [0.3, 0.4) is 0 Å². The number of ketones is 1. The van der Waals surface area contributed by atoms with Crippen LogP contribution in [-0.4, -0.2) is 132 Å². The summed E-state index contributed by atoms with van der Waals surface area (Å²) in [7, 11) is 0. The van der Waals surface area contributed by atoms with Gasteiger partial charge in [0.05, 0.1) is 19.2 Å². The lowest BCUT2D eigenvalue weighted by Crippen LogP contribution is -2.59. The number of primary amides is 1. The number of hydrogen-bond acceptors (Lipinski definition) is 13. The van der Waals surface area contributed by atoms with Crippen LogP contribution < -0.4 is 65.5 Å². The van der Waals surface area contributed by atoms with Crippen LogP contribution in [0.4, 0.5) is 10.5 Å². The number of phenols is 1. The van der Waals surface area contributed by atoms with Crippen molar-refractivity contribution in [3.05, 3.63) is 95.6 Å². The lowest BCUT2D eigenvalue weighted by Gasteiger charge is -2.27. The number of anilines is 1. The highest BCUT2D eigenvalue weighted by atomic mass is 16.3. The average molecular weight is 1060 g/mol. The zero-order valence-corrected chi connectivity index (χ0v) is 43.3. The predicted octanol–water partition coefficient (Wildman–Crippen LogP) is -1.06. The van der Waals surface area contributed by atoms with Crippen LogP contribution in [0, 0.1) is 5.92 Å². The number of hydrogen-bond donors (Lipinski definition) is 14. The van der Waals surface area contributed by atoms with Crippen molar-refractivity contribution < 1.29 is 53.4 Å². The van der Waals surface area contributed by atoms with Crippen LogP contribution in [0.25, 0.3) is 0 Å². The van der Waals surface area contributed by atoms with E-state index in [1.807, 2.05) is 32.0 Å². The predicted molar refractivity (Wildman–Crippen MR) is 284 cm³/mol. The molecular weight excluding hydrogens is 983 g/mol. The van der Waals surface area contributed by atoms with Gasteiger partial charge in [-0.05, 0) is 105 Å². The molecule has 0 radical (unpaired) electrons. The molecule has 0 saturated heterocycles. The second-order valence-electron chi connectivity index (χ2n) is 18.7. The number of unbranched alkanes of at least 4 members (excludes halogenated alkanes) is 1. The van der Waals surface area contributed by atoms with Crippen molar-refractivity contribution in [2.24, 2.45) is 28.1 Å². The van der Waals surface area contributed by atoms with Crippen LogP contribution in [0.5, 0.6) is 5.75 Å². The molecule has 0 heterocycles. The largest absolute Gasteiger partial charge is 0.508 e. The Morgan fingerprint density at radius 2 is 1.11 bits per heavy atom. The highest BCUT2D eigenvalue weighted by Crippen LogP contribution is 2.15. The maximum absolute atomic E-state index is 14.4. The first-order valence-corrected chi connectivity index (χ1v) is 25.1. The van der Waals surface area contributed by atoms with Gasteiger partial charge >= 0.3 is 6.03 Å². The van der Waals surface area contributed by atoms with Gasteiger partial charge in [-0.15, -0.1) is 0 Å². The first kappa shape index (κ1) is 62.0. The Labute approximate surface area is 442 Å². The zero-order chi connectivity index (χ0) is 56.2. The molecule has 0 aliphatic heterocycles. The van der Waals surface area contributed by atoms with Gasteiger partial charge in [0.1, 0.15) is 36.0 Å². The fourth-order valence-electron chi connectivity index (χ4n) is 7.67. The van der Waals surface area contributed by atoms with Crippen molar-refractivity contribution in [2.45, 2.75) is 121 Å².